The summed E-state index contributed by atoms with van der Waals surface area (Å²) in [7, 11) is 0. The molecule has 0 fully saturated rings. The predicted molar refractivity (Wildman–Crippen MR) is 78.0 cm³/mol. The van der Waals surface area contributed by atoms with Gasteiger partial charge in [0.25, 0.3) is 5.69 Å². The van der Waals surface area contributed by atoms with Gasteiger partial charge in [0.05, 0.1) is 10.7 Å². The van der Waals surface area contributed by atoms with E-state index in [9.17, 15) is 10.1 Å². The molecule has 3 aromatic rings. The molecule has 0 radical (unpaired) electrons. The highest BCUT2D eigenvalue weighted by Gasteiger charge is 2.11. The fourth-order valence-electron chi connectivity index (χ4n) is 1.64. The largest absolute Gasteiger partial charge is 0.420 e. The Morgan fingerprint density at radius 3 is 2.55 bits per heavy atom. The van der Waals surface area contributed by atoms with E-state index < -0.39 is 4.92 Å². The highest BCUT2D eigenvalue weighted by Crippen LogP contribution is 2.23. The molecule has 0 bridgehead atoms. The zero-order valence-electron chi connectivity index (χ0n) is 11.1. The van der Waals surface area contributed by atoms with E-state index in [1.165, 1.54) is 23.9 Å². The lowest BCUT2D eigenvalue weighted by atomic mass is 10.2. The van der Waals surface area contributed by atoms with Crippen LogP contribution >= 0.6 is 11.8 Å². The summed E-state index contributed by atoms with van der Waals surface area (Å²) in [6, 6.07) is 7.67. The van der Waals surface area contributed by atoms with E-state index in [-0.39, 0.29) is 5.69 Å². The fourth-order valence-corrected chi connectivity index (χ4v) is 2.28. The number of aromatic nitrogens is 4. The molecule has 0 spiro atoms. The Hall–Kier alpha value is -2.81. The Morgan fingerprint density at radius 1 is 1.14 bits per heavy atom. The quantitative estimate of drug-likeness (QED) is 0.306. The second-order valence-corrected chi connectivity index (χ2v) is 5.07. The molecule has 9 heteroatoms. The van der Waals surface area contributed by atoms with Crippen molar-refractivity contribution in [3.63, 3.8) is 0 Å². The lowest BCUT2D eigenvalue weighted by Gasteiger charge is -1.95. The van der Waals surface area contributed by atoms with Crippen molar-refractivity contribution in [2.24, 2.45) is 0 Å². The van der Waals surface area contributed by atoms with E-state index in [0.717, 1.165) is 0 Å². The SMILES string of the molecule is O=[N+]([O-])c1ccc(-c2nnc(CSc3ncccn3)o2)cc1. The van der Waals surface area contributed by atoms with Crippen LogP contribution in [0.15, 0.2) is 52.3 Å². The Balaban J connectivity index is 1.69. The summed E-state index contributed by atoms with van der Waals surface area (Å²) >= 11 is 1.38. The number of hydrogen-bond donors (Lipinski definition) is 0. The number of non-ortho nitro benzene ring substituents is 1. The van der Waals surface area contributed by atoms with E-state index in [1.54, 1.807) is 30.6 Å². The first-order valence-electron chi connectivity index (χ1n) is 6.19. The second kappa shape index (κ2) is 6.31. The Kier molecular flexibility index (Phi) is 4.05. The molecule has 8 nitrogen and oxygen atoms in total. The van der Waals surface area contributed by atoms with Gasteiger partial charge in [0.15, 0.2) is 5.16 Å². The van der Waals surface area contributed by atoms with Gasteiger partial charge in [-0.3, -0.25) is 10.1 Å². The van der Waals surface area contributed by atoms with Crippen LogP contribution in [0, 0.1) is 10.1 Å². The van der Waals surface area contributed by atoms with Gasteiger partial charge >= 0.3 is 0 Å². The molecule has 0 unspecified atom stereocenters. The topological polar surface area (TPSA) is 108 Å². The maximum atomic E-state index is 10.6. The molecule has 0 aliphatic rings. The zero-order chi connectivity index (χ0) is 15.4. The standard InChI is InChI=1S/C13H9N5O3S/c19-18(20)10-4-2-9(3-5-10)12-17-16-11(21-12)8-22-13-14-6-1-7-15-13/h1-7H,8H2. The molecule has 0 saturated heterocycles. The van der Waals surface area contributed by atoms with Crippen molar-refractivity contribution in [3.05, 3.63) is 58.7 Å². The zero-order valence-corrected chi connectivity index (χ0v) is 11.9. The molecule has 22 heavy (non-hydrogen) atoms. The van der Waals surface area contributed by atoms with Gasteiger partial charge in [-0.1, -0.05) is 11.8 Å². The van der Waals surface area contributed by atoms with E-state index in [4.69, 9.17) is 4.42 Å². The number of thioether (sulfide) groups is 1. The monoisotopic (exact) mass is 315 g/mol. The van der Waals surface area contributed by atoms with Crippen LogP contribution in [0.4, 0.5) is 5.69 Å². The first-order valence-corrected chi connectivity index (χ1v) is 7.18. The fraction of sp³-hybridized carbons (Fsp3) is 0.0769. The average molecular weight is 315 g/mol. The molecule has 0 aliphatic heterocycles. The van der Waals surface area contributed by atoms with Crippen molar-refractivity contribution in [2.75, 3.05) is 0 Å². The van der Waals surface area contributed by atoms with Gasteiger partial charge in [0, 0.05) is 30.1 Å². The van der Waals surface area contributed by atoms with Crippen molar-refractivity contribution >= 4 is 17.4 Å². The number of nitrogens with zero attached hydrogens (tertiary/aromatic N) is 5. The van der Waals surface area contributed by atoms with Crippen molar-refractivity contribution in [2.45, 2.75) is 10.9 Å². The summed E-state index contributed by atoms with van der Waals surface area (Å²) in [5.74, 6) is 1.20. The molecule has 1 aromatic carbocycles. The molecule has 0 saturated carbocycles. The second-order valence-electron chi connectivity index (χ2n) is 4.12. The summed E-state index contributed by atoms with van der Waals surface area (Å²) in [6.45, 7) is 0. The van der Waals surface area contributed by atoms with Gasteiger partial charge in [0.2, 0.25) is 11.8 Å². The molecule has 0 atom stereocenters. The number of rotatable bonds is 5. The molecule has 0 amide bonds. The van der Waals surface area contributed by atoms with Crippen LogP contribution in [0.25, 0.3) is 11.5 Å². The van der Waals surface area contributed by atoms with Crippen LogP contribution in [0.1, 0.15) is 5.89 Å². The first-order chi connectivity index (χ1) is 10.7. The lowest BCUT2D eigenvalue weighted by molar-refractivity contribution is -0.384. The molecule has 0 aliphatic carbocycles. The van der Waals surface area contributed by atoms with Crippen molar-refractivity contribution < 1.29 is 9.34 Å². The summed E-state index contributed by atoms with van der Waals surface area (Å²) < 4.78 is 5.52. The lowest BCUT2D eigenvalue weighted by Crippen LogP contribution is -1.87. The maximum Gasteiger partial charge on any atom is 0.269 e. The van der Waals surface area contributed by atoms with E-state index in [1.807, 2.05) is 0 Å². The first kappa shape index (κ1) is 14.1. The average Bonchev–Trinajstić information content (AvgIpc) is 3.03. The highest BCUT2D eigenvalue weighted by atomic mass is 32.2. The summed E-state index contributed by atoms with van der Waals surface area (Å²) in [5, 5.41) is 19.1. The van der Waals surface area contributed by atoms with Crippen LogP contribution in [-0.2, 0) is 5.75 Å². The molecule has 3 rings (SSSR count). The minimum atomic E-state index is -0.459. The van der Waals surface area contributed by atoms with Crippen molar-refractivity contribution in [1.29, 1.82) is 0 Å². The number of hydrogen-bond acceptors (Lipinski definition) is 8. The number of nitro groups is 1. The molecule has 2 aromatic heterocycles. The third-order valence-electron chi connectivity index (χ3n) is 2.66. The molecule has 110 valence electrons. The third kappa shape index (κ3) is 3.26. The van der Waals surface area contributed by atoms with Crippen molar-refractivity contribution in [3.8, 4) is 11.5 Å². The maximum absolute atomic E-state index is 10.6. The van der Waals surface area contributed by atoms with Gasteiger partial charge in [-0.05, 0) is 18.2 Å². The Morgan fingerprint density at radius 2 is 1.86 bits per heavy atom. The van der Waals surface area contributed by atoms with E-state index in [0.29, 0.717) is 28.3 Å². The number of nitro benzene ring substituents is 1. The van der Waals surface area contributed by atoms with Crippen LogP contribution < -0.4 is 0 Å². The Labute approximate surface area is 128 Å². The van der Waals surface area contributed by atoms with Crippen LogP contribution in [-0.4, -0.2) is 25.1 Å². The van der Waals surface area contributed by atoms with Gasteiger partial charge in [-0.25, -0.2) is 9.97 Å². The van der Waals surface area contributed by atoms with Crippen LogP contribution in [0.3, 0.4) is 0 Å². The minimum absolute atomic E-state index is 0.0141. The minimum Gasteiger partial charge on any atom is -0.420 e. The highest BCUT2D eigenvalue weighted by molar-refractivity contribution is 7.98. The van der Waals surface area contributed by atoms with Crippen LogP contribution in [0.5, 0.6) is 0 Å². The van der Waals surface area contributed by atoms with E-state index >= 15 is 0 Å². The molecular weight excluding hydrogens is 306 g/mol. The Bertz CT molecular complexity index is 776. The smallest absolute Gasteiger partial charge is 0.269 e. The predicted octanol–water partition coefficient (Wildman–Crippen LogP) is 2.73. The molecule has 0 N–H and O–H groups in total. The van der Waals surface area contributed by atoms with Crippen molar-refractivity contribution in [1.82, 2.24) is 20.2 Å². The van der Waals surface area contributed by atoms with Gasteiger partial charge < -0.3 is 4.42 Å². The summed E-state index contributed by atoms with van der Waals surface area (Å²) in [4.78, 5) is 18.3. The summed E-state index contributed by atoms with van der Waals surface area (Å²) in [6.07, 6.45) is 3.32. The number of benzene rings is 1. The van der Waals surface area contributed by atoms with Gasteiger partial charge in [0.1, 0.15) is 0 Å². The summed E-state index contributed by atoms with van der Waals surface area (Å²) in [5.41, 5.74) is 0.644. The third-order valence-corrected chi connectivity index (χ3v) is 3.52. The van der Waals surface area contributed by atoms with E-state index in [2.05, 4.69) is 20.2 Å². The molecule has 2 heterocycles. The molecular formula is C13H9N5O3S. The van der Waals surface area contributed by atoms with Gasteiger partial charge in [-0.2, -0.15) is 0 Å². The van der Waals surface area contributed by atoms with Crippen LogP contribution in [0.2, 0.25) is 0 Å². The van der Waals surface area contributed by atoms with Gasteiger partial charge in [-0.15, -0.1) is 10.2 Å². The normalized spacial score (nSPS) is 10.5.